The van der Waals surface area contributed by atoms with Gasteiger partial charge in [0.05, 0.1) is 21.7 Å². The van der Waals surface area contributed by atoms with Crippen LogP contribution in [0.3, 0.4) is 0 Å². The number of H-pyrrole nitrogens is 1. The van der Waals surface area contributed by atoms with Crippen LogP contribution in [0.5, 0.6) is 5.75 Å². The zero-order valence-electron chi connectivity index (χ0n) is 17.6. The van der Waals surface area contributed by atoms with Crippen molar-refractivity contribution in [2.75, 3.05) is 5.75 Å². The maximum Gasteiger partial charge on any atom is 0.573 e. The molecule has 0 spiro atoms. The highest BCUT2D eigenvalue weighted by Crippen LogP contribution is 2.36. The van der Waals surface area contributed by atoms with Crippen molar-refractivity contribution in [3.63, 3.8) is 0 Å². The van der Waals surface area contributed by atoms with Crippen LogP contribution in [0.2, 0.25) is 0 Å². The third-order valence-corrected chi connectivity index (χ3v) is 6.94. The van der Waals surface area contributed by atoms with E-state index < -0.39 is 33.9 Å². The van der Waals surface area contributed by atoms with Gasteiger partial charge in [-0.1, -0.05) is 37.3 Å². The summed E-state index contributed by atoms with van der Waals surface area (Å²) in [6.45, 7) is 1.52. The van der Waals surface area contributed by atoms with Crippen molar-refractivity contribution in [1.82, 2.24) is 9.97 Å². The van der Waals surface area contributed by atoms with Gasteiger partial charge >= 0.3 is 6.36 Å². The standard InChI is InChI=1S/C23H18F4N2O4S/c1-2-34(31,32)14-9-7-13(8-10-14)21(30)22-28-18-11-16(17(24)12-19(18)29-22)15-5-3-4-6-20(15)33-23(25,26)27/h3-12,21,30H,2H2,1H3,(H,28,29). The normalized spacial score (nSPS) is 13.2. The molecule has 0 aliphatic carbocycles. The zero-order chi connectivity index (χ0) is 24.7. The van der Waals surface area contributed by atoms with E-state index in [-0.39, 0.29) is 38.6 Å². The summed E-state index contributed by atoms with van der Waals surface area (Å²) in [7, 11) is -3.40. The Balaban J connectivity index is 1.70. The highest BCUT2D eigenvalue weighted by atomic mass is 32.2. The summed E-state index contributed by atoms with van der Waals surface area (Å²) in [5, 5.41) is 10.7. The fraction of sp³-hybridized carbons (Fsp3) is 0.174. The number of para-hydroxylation sites is 1. The van der Waals surface area contributed by atoms with Gasteiger partial charge in [-0.25, -0.2) is 17.8 Å². The molecule has 0 saturated carbocycles. The molecule has 4 rings (SSSR count). The first-order valence-electron chi connectivity index (χ1n) is 10.0. The summed E-state index contributed by atoms with van der Waals surface area (Å²) in [5.74, 6) is -1.39. The smallest absolute Gasteiger partial charge is 0.405 e. The van der Waals surface area contributed by atoms with Crippen molar-refractivity contribution in [3.8, 4) is 16.9 Å². The molecule has 0 fully saturated rings. The molecule has 1 heterocycles. The number of ether oxygens (including phenoxy) is 1. The molecule has 0 amide bonds. The fourth-order valence-electron chi connectivity index (χ4n) is 3.47. The Morgan fingerprint density at radius 1 is 1.06 bits per heavy atom. The molecular weight excluding hydrogens is 476 g/mol. The predicted molar refractivity (Wildman–Crippen MR) is 116 cm³/mol. The van der Waals surface area contributed by atoms with Crippen molar-refractivity contribution >= 4 is 20.9 Å². The number of aromatic nitrogens is 2. The van der Waals surface area contributed by atoms with Gasteiger partial charge in [0.2, 0.25) is 0 Å². The lowest BCUT2D eigenvalue weighted by Crippen LogP contribution is -2.17. The number of imidazole rings is 1. The van der Waals surface area contributed by atoms with E-state index >= 15 is 0 Å². The Kier molecular flexibility index (Phi) is 6.09. The summed E-state index contributed by atoms with van der Waals surface area (Å²) in [5.41, 5.74) is 0.497. The van der Waals surface area contributed by atoms with Crippen LogP contribution >= 0.6 is 0 Å². The molecule has 4 aromatic rings. The first-order valence-corrected chi connectivity index (χ1v) is 11.7. The molecule has 11 heteroatoms. The van der Waals surface area contributed by atoms with Crippen molar-refractivity contribution in [1.29, 1.82) is 0 Å². The second-order valence-electron chi connectivity index (χ2n) is 7.39. The van der Waals surface area contributed by atoms with Gasteiger partial charge < -0.3 is 14.8 Å². The number of hydrogen-bond acceptors (Lipinski definition) is 5. The third kappa shape index (κ3) is 4.75. The van der Waals surface area contributed by atoms with Crippen molar-refractivity contribution in [2.45, 2.75) is 24.3 Å². The van der Waals surface area contributed by atoms with Gasteiger partial charge in [0.1, 0.15) is 23.5 Å². The van der Waals surface area contributed by atoms with E-state index in [4.69, 9.17) is 0 Å². The van der Waals surface area contributed by atoms with E-state index in [1.54, 1.807) is 0 Å². The number of hydrogen-bond donors (Lipinski definition) is 2. The largest absolute Gasteiger partial charge is 0.573 e. The van der Waals surface area contributed by atoms with Crippen LogP contribution in [-0.2, 0) is 9.84 Å². The zero-order valence-corrected chi connectivity index (χ0v) is 18.4. The predicted octanol–water partition coefficient (Wildman–Crippen LogP) is 5.14. The van der Waals surface area contributed by atoms with E-state index in [0.717, 1.165) is 12.1 Å². The highest BCUT2D eigenvalue weighted by Gasteiger charge is 2.32. The first kappa shape index (κ1) is 23.7. The number of alkyl halides is 3. The molecule has 1 aromatic heterocycles. The number of nitrogens with one attached hydrogen (secondary N) is 1. The fourth-order valence-corrected chi connectivity index (χ4v) is 4.35. The van der Waals surface area contributed by atoms with Gasteiger partial charge in [-0.2, -0.15) is 0 Å². The van der Waals surface area contributed by atoms with Gasteiger partial charge in [0.15, 0.2) is 9.84 Å². The summed E-state index contributed by atoms with van der Waals surface area (Å²) in [4.78, 5) is 7.16. The summed E-state index contributed by atoms with van der Waals surface area (Å²) in [6.07, 6.45) is -6.23. The van der Waals surface area contributed by atoms with Crippen LogP contribution in [-0.4, -0.2) is 35.6 Å². The molecule has 0 aliphatic rings. The van der Waals surface area contributed by atoms with E-state index in [2.05, 4.69) is 14.7 Å². The minimum Gasteiger partial charge on any atom is -0.405 e. The van der Waals surface area contributed by atoms with Gasteiger partial charge in [0.25, 0.3) is 0 Å². The van der Waals surface area contributed by atoms with Gasteiger partial charge in [0, 0.05) is 17.2 Å². The van der Waals surface area contributed by atoms with E-state index in [9.17, 15) is 31.1 Å². The third-order valence-electron chi connectivity index (χ3n) is 5.19. The maximum absolute atomic E-state index is 14.8. The molecule has 0 bridgehead atoms. The molecule has 6 nitrogen and oxygen atoms in total. The van der Waals surface area contributed by atoms with Crippen LogP contribution in [0.15, 0.2) is 65.6 Å². The van der Waals surface area contributed by atoms with E-state index in [1.165, 1.54) is 55.5 Å². The van der Waals surface area contributed by atoms with Crippen LogP contribution in [0.4, 0.5) is 17.6 Å². The molecule has 3 aromatic carbocycles. The van der Waals surface area contributed by atoms with Crippen LogP contribution in [0, 0.1) is 5.82 Å². The van der Waals surface area contributed by atoms with Crippen LogP contribution in [0.25, 0.3) is 22.2 Å². The molecule has 1 atom stereocenters. The second kappa shape index (κ2) is 8.73. The Hall–Kier alpha value is -3.44. The molecule has 34 heavy (non-hydrogen) atoms. The van der Waals surface area contributed by atoms with Gasteiger partial charge in [-0.3, -0.25) is 0 Å². The molecule has 0 aliphatic heterocycles. The van der Waals surface area contributed by atoms with E-state index in [0.29, 0.717) is 5.56 Å². The van der Waals surface area contributed by atoms with Crippen LogP contribution in [0.1, 0.15) is 24.4 Å². The van der Waals surface area contributed by atoms with E-state index in [1.807, 2.05) is 0 Å². The van der Waals surface area contributed by atoms with Crippen molar-refractivity contribution in [2.24, 2.45) is 0 Å². The molecule has 0 radical (unpaired) electrons. The molecule has 0 saturated heterocycles. The minimum absolute atomic E-state index is 0.0532. The quantitative estimate of drug-likeness (QED) is 0.362. The average Bonchev–Trinajstić information content (AvgIpc) is 3.20. The number of aromatic amines is 1. The number of nitrogens with zero attached hydrogens (tertiary/aromatic N) is 1. The maximum atomic E-state index is 14.8. The SMILES string of the molecule is CCS(=O)(=O)c1ccc(C(O)c2nc3cc(-c4ccccc4OC(F)(F)F)c(F)cc3[nH]2)cc1. The Bertz CT molecular complexity index is 1450. The minimum atomic E-state index is -4.95. The lowest BCUT2D eigenvalue weighted by Gasteiger charge is -2.13. The van der Waals surface area contributed by atoms with Gasteiger partial charge in [-0.05, 0) is 29.8 Å². The molecular formula is C23H18F4N2O4S. The Labute approximate surface area is 191 Å². The molecule has 2 N–H and O–H groups in total. The topological polar surface area (TPSA) is 92.3 Å². The highest BCUT2D eigenvalue weighted by molar-refractivity contribution is 7.91. The monoisotopic (exact) mass is 494 g/mol. The average molecular weight is 494 g/mol. The number of rotatable bonds is 6. The summed E-state index contributed by atoms with van der Waals surface area (Å²) >= 11 is 0. The van der Waals surface area contributed by atoms with Crippen molar-refractivity contribution in [3.05, 3.63) is 77.9 Å². The van der Waals surface area contributed by atoms with Crippen LogP contribution < -0.4 is 4.74 Å². The lowest BCUT2D eigenvalue weighted by atomic mass is 10.0. The number of fused-ring (bicyclic) bond motifs is 1. The summed E-state index contributed by atoms with van der Waals surface area (Å²) in [6, 6.07) is 13.1. The Morgan fingerprint density at radius 3 is 2.38 bits per heavy atom. The molecule has 1 unspecified atom stereocenters. The Morgan fingerprint density at radius 2 is 1.74 bits per heavy atom. The van der Waals surface area contributed by atoms with Crippen molar-refractivity contribution < 1.29 is 35.8 Å². The number of benzene rings is 3. The number of halogens is 4. The molecule has 178 valence electrons. The summed E-state index contributed by atoms with van der Waals surface area (Å²) < 4.78 is 81.1. The number of sulfone groups is 1. The first-order chi connectivity index (χ1) is 16.0. The lowest BCUT2D eigenvalue weighted by molar-refractivity contribution is -0.274. The number of aliphatic hydroxyl groups excluding tert-OH is 1. The van der Waals surface area contributed by atoms with Gasteiger partial charge in [-0.15, -0.1) is 13.2 Å². The number of aliphatic hydroxyl groups is 1. The second-order valence-corrected chi connectivity index (χ2v) is 9.67.